The van der Waals surface area contributed by atoms with Gasteiger partial charge in [-0.3, -0.25) is 4.79 Å². The largest absolute Gasteiger partial charge is 0.462 e. The maximum Gasteiger partial charge on any atom is 0.312 e. The molecule has 2 spiro atoms. The van der Waals surface area contributed by atoms with E-state index in [0.29, 0.717) is 12.5 Å². The van der Waals surface area contributed by atoms with Crippen LogP contribution in [0.5, 0.6) is 0 Å². The first-order valence-corrected chi connectivity index (χ1v) is 10.3. The Kier molecular flexibility index (Phi) is 3.51. The third-order valence-corrected chi connectivity index (χ3v) is 8.89. The molecule has 3 heterocycles. The normalized spacial score (nSPS) is 58.4. The zero-order valence-corrected chi connectivity index (χ0v) is 16.5. The minimum absolute atomic E-state index is 0.0247. The van der Waals surface area contributed by atoms with Crippen LogP contribution in [0.4, 0.5) is 0 Å². The molecule has 5 heteroatoms. The summed E-state index contributed by atoms with van der Waals surface area (Å²) in [7, 11) is 1.71. The number of hydrogen-bond acceptors (Lipinski definition) is 5. The summed E-state index contributed by atoms with van der Waals surface area (Å²) >= 11 is 0. The second-order valence-electron chi connectivity index (χ2n) is 10.1. The first kappa shape index (κ1) is 17.4. The molecule has 0 radical (unpaired) electrons. The maximum absolute atomic E-state index is 12.8. The molecule has 0 aromatic rings. The number of carbonyl (C=O) groups is 1. The van der Waals surface area contributed by atoms with Crippen LogP contribution in [0.3, 0.4) is 0 Å². The Morgan fingerprint density at radius 2 is 1.96 bits per heavy atom. The van der Waals surface area contributed by atoms with E-state index in [-0.39, 0.29) is 46.3 Å². The van der Waals surface area contributed by atoms with Gasteiger partial charge in [0.1, 0.15) is 6.10 Å². The average molecular weight is 364 g/mol. The molecule has 5 nitrogen and oxygen atoms in total. The van der Waals surface area contributed by atoms with Crippen molar-refractivity contribution in [2.75, 3.05) is 13.7 Å². The lowest BCUT2D eigenvalue weighted by Gasteiger charge is -2.62. The lowest BCUT2D eigenvalue weighted by molar-refractivity contribution is -0.251. The molecule has 0 unspecified atom stereocenters. The monoisotopic (exact) mass is 364 g/mol. The van der Waals surface area contributed by atoms with Gasteiger partial charge in [0.05, 0.1) is 23.2 Å². The fourth-order valence-corrected chi connectivity index (χ4v) is 7.70. The molecule has 26 heavy (non-hydrogen) atoms. The number of fused-ring (bicyclic) bond motifs is 1. The molecule has 0 aromatic heterocycles. The Balaban J connectivity index is 1.55. The number of carbonyl (C=O) groups excluding carboxylic acids is 1. The van der Waals surface area contributed by atoms with E-state index in [1.165, 1.54) is 0 Å². The molecule has 3 saturated heterocycles. The van der Waals surface area contributed by atoms with Crippen LogP contribution in [0, 0.1) is 22.7 Å². The minimum Gasteiger partial charge on any atom is -0.462 e. The van der Waals surface area contributed by atoms with Gasteiger partial charge in [0.25, 0.3) is 0 Å². The highest BCUT2D eigenvalue weighted by Gasteiger charge is 2.74. The first-order valence-electron chi connectivity index (χ1n) is 10.3. The van der Waals surface area contributed by atoms with Crippen molar-refractivity contribution in [3.63, 3.8) is 0 Å². The van der Waals surface area contributed by atoms with Crippen LogP contribution in [-0.4, -0.2) is 43.3 Å². The van der Waals surface area contributed by atoms with E-state index in [4.69, 9.17) is 18.9 Å². The second kappa shape index (κ2) is 5.24. The SMILES string of the molecule is CO[C@@H]1C[C@]2(CC[C@@]3(O2)[C@H](C)C[C@H]2OC(=O)[C@@]4(C)CCC[C@]3(C)[C@@H]24)CO1. The fraction of sp³-hybridized carbons (Fsp3) is 0.952. The highest BCUT2D eigenvalue weighted by Crippen LogP contribution is 2.70. The molecule has 8 atom stereocenters. The van der Waals surface area contributed by atoms with Gasteiger partial charge in [0.15, 0.2) is 6.29 Å². The molecule has 2 saturated carbocycles. The van der Waals surface area contributed by atoms with E-state index in [1.807, 2.05) is 0 Å². The van der Waals surface area contributed by atoms with Crippen LogP contribution in [-0.2, 0) is 23.7 Å². The Labute approximate surface area is 156 Å². The van der Waals surface area contributed by atoms with Gasteiger partial charge < -0.3 is 18.9 Å². The fourth-order valence-electron chi connectivity index (χ4n) is 7.70. The van der Waals surface area contributed by atoms with Crippen molar-refractivity contribution in [3.05, 3.63) is 0 Å². The minimum atomic E-state index is -0.342. The van der Waals surface area contributed by atoms with Crippen LogP contribution in [0.2, 0.25) is 0 Å². The smallest absolute Gasteiger partial charge is 0.312 e. The molecule has 0 amide bonds. The van der Waals surface area contributed by atoms with Gasteiger partial charge in [-0.25, -0.2) is 0 Å². The van der Waals surface area contributed by atoms with Crippen molar-refractivity contribution >= 4 is 5.97 Å². The molecular weight excluding hydrogens is 332 g/mol. The van der Waals surface area contributed by atoms with Gasteiger partial charge in [-0.15, -0.1) is 0 Å². The number of methoxy groups -OCH3 is 1. The summed E-state index contributed by atoms with van der Waals surface area (Å²) in [5.74, 6) is 0.671. The van der Waals surface area contributed by atoms with Crippen LogP contribution >= 0.6 is 0 Å². The Bertz CT molecular complexity index is 636. The Morgan fingerprint density at radius 1 is 1.15 bits per heavy atom. The van der Waals surface area contributed by atoms with Gasteiger partial charge in [-0.05, 0) is 44.9 Å². The molecule has 5 aliphatic rings. The molecule has 2 aliphatic carbocycles. The molecule has 0 aromatic carbocycles. The van der Waals surface area contributed by atoms with E-state index in [9.17, 15) is 4.79 Å². The van der Waals surface area contributed by atoms with Crippen LogP contribution in [0.15, 0.2) is 0 Å². The third-order valence-electron chi connectivity index (χ3n) is 8.89. The van der Waals surface area contributed by atoms with Crippen molar-refractivity contribution in [2.45, 2.75) is 89.3 Å². The predicted molar refractivity (Wildman–Crippen MR) is 94.4 cm³/mol. The van der Waals surface area contributed by atoms with Gasteiger partial charge in [0.2, 0.25) is 0 Å². The summed E-state index contributed by atoms with van der Waals surface area (Å²) in [5, 5.41) is 0. The van der Waals surface area contributed by atoms with Crippen LogP contribution in [0.25, 0.3) is 0 Å². The lowest BCUT2D eigenvalue weighted by Crippen LogP contribution is -2.65. The lowest BCUT2D eigenvalue weighted by atomic mass is 9.44. The average Bonchev–Trinajstić information content (AvgIpc) is 3.25. The Morgan fingerprint density at radius 3 is 2.69 bits per heavy atom. The molecule has 0 bridgehead atoms. The molecule has 146 valence electrons. The van der Waals surface area contributed by atoms with E-state index in [2.05, 4.69) is 20.8 Å². The topological polar surface area (TPSA) is 54.0 Å². The number of ether oxygens (including phenoxy) is 4. The molecule has 3 aliphatic heterocycles. The molecular formula is C21H32O5. The molecule has 5 rings (SSSR count). The first-order chi connectivity index (χ1) is 12.3. The number of esters is 1. The standard InChI is InChI=1S/C21H32O5/c1-13-10-14-16-18(2,17(22)25-14)6-5-7-19(16,3)21(13)9-8-20(26-21)11-15(23-4)24-12-20/h13-16H,5-12H2,1-4H3/t13-,14-,15+,16+,18+,19-,20-,21-/m1/s1. The summed E-state index contributed by atoms with van der Waals surface area (Å²) in [6.07, 6.45) is 6.87. The number of hydrogen-bond donors (Lipinski definition) is 0. The quantitative estimate of drug-likeness (QED) is 0.667. The second-order valence-corrected chi connectivity index (χ2v) is 10.1. The van der Waals surface area contributed by atoms with Crippen molar-refractivity contribution < 1.29 is 23.7 Å². The van der Waals surface area contributed by atoms with Crippen molar-refractivity contribution in [1.29, 1.82) is 0 Å². The van der Waals surface area contributed by atoms with E-state index in [0.717, 1.165) is 44.9 Å². The highest BCUT2D eigenvalue weighted by molar-refractivity contribution is 5.80. The number of rotatable bonds is 1. The van der Waals surface area contributed by atoms with E-state index >= 15 is 0 Å². The summed E-state index contributed by atoms with van der Waals surface area (Å²) in [4.78, 5) is 12.8. The van der Waals surface area contributed by atoms with Crippen LogP contribution < -0.4 is 0 Å². The van der Waals surface area contributed by atoms with Crippen LogP contribution in [0.1, 0.15) is 65.7 Å². The van der Waals surface area contributed by atoms with Gasteiger partial charge in [0, 0.05) is 24.9 Å². The van der Waals surface area contributed by atoms with Gasteiger partial charge in [-0.2, -0.15) is 0 Å². The summed E-state index contributed by atoms with van der Waals surface area (Å²) < 4.78 is 24.3. The molecule has 5 fully saturated rings. The summed E-state index contributed by atoms with van der Waals surface area (Å²) in [5.41, 5.74) is -0.772. The van der Waals surface area contributed by atoms with E-state index < -0.39 is 0 Å². The van der Waals surface area contributed by atoms with Gasteiger partial charge in [-0.1, -0.05) is 20.3 Å². The van der Waals surface area contributed by atoms with Crippen molar-refractivity contribution in [1.82, 2.24) is 0 Å². The maximum atomic E-state index is 12.8. The highest BCUT2D eigenvalue weighted by atomic mass is 16.7. The zero-order chi connectivity index (χ0) is 18.4. The zero-order valence-electron chi connectivity index (χ0n) is 16.5. The summed E-state index contributed by atoms with van der Waals surface area (Å²) in [6, 6.07) is 0. The Hall–Kier alpha value is -0.650. The van der Waals surface area contributed by atoms with Crippen molar-refractivity contribution in [3.8, 4) is 0 Å². The predicted octanol–water partition coefficient (Wildman–Crippen LogP) is 3.45. The summed E-state index contributed by atoms with van der Waals surface area (Å²) in [6.45, 7) is 7.47. The van der Waals surface area contributed by atoms with E-state index in [1.54, 1.807) is 7.11 Å². The van der Waals surface area contributed by atoms with Crippen molar-refractivity contribution in [2.24, 2.45) is 22.7 Å². The van der Waals surface area contributed by atoms with Gasteiger partial charge >= 0.3 is 5.97 Å². The third kappa shape index (κ3) is 1.90. The molecule has 0 N–H and O–H groups in total.